The van der Waals surface area contributed by atoms with Crippen LogP contribution >= 0.6 is 0 Å². The van der Waals surface area contributed by atoms with E-state index in [2.05, 4.69) is 4.57 Å². The molecule has 0 amide bonds. The molecular formula is C20H23N3O3. The first kappa shape index (κ1) is 16.7. The van der Waals surface area contributed by atoms with Crippen LogP contribution in [0.15, 0.2) is 42.5 Å². The molecule has 0 aliphatic carbocycles. The Kier molecular flexibility index (Phi) is 4.67. The molecule has 6 nitrogen and oxygen atoms in total. The van der Waals surface area contributed by atoms with Gasteiger partial charge in [0.1, 0.15) is 24.8 Å². The average molecular weight is 353 g/mol. The van der Waals surface area contributed by atoms with E-state index in [-0.39, 0.29) is 6.04 Å². The van der Waals surface area contributed by atoms with E-state index in [0.29, 0.717) is 19.8 Å². The van der Waals surface area contributed by atoms with Gasteiger partial charge < -0.3 is 24.5 Å². The van der Waals surface area contributed by atoms with Gasteiger partial charge in [0, 0.05) is 18.7 Å². The van der Waals surface area contributed by atoms with E-state index in [0.717, 1.165) is 47.1 Å². The Morgan fingerprint density at radius 3 is 2.62 bits per heavy atom. The second-order valence-electron chi connectivity index (χ2n) is 6.41. The third-order valence-corrected chi connectivity index (χ3v) is 4.39. The maximum absolute atomic E-state index is 6.15. The largest absolute Gasteiger partial charge is 0.494 e. The van der Waals surface area contributed by atoms with E-state index in [9.17, 15) is 0 Å². The minimum Gasteiger partial charge on any atom is -0.494 e. The van der Waals surface area contributed by atoms with Crippen molar-refractivity contribution in [3.05, 3.63) is 48.3 Å². The van der Waals surface area contributed by atoms with Crippen molar-refractivity contribution in [1.82, 2.24) is 9.55 Å². The van der Waals surface area contributed by atoms with Gasteiger partial charge in [0.25, 0.3) is 0 Å². The van der Waals surface area contributed by atoms with Crippen LogP contribution in [0.4, 0.5) is 0 Å². The summed E-state index contributed by atoms with van der Waals surface area (Å²) in [5.41, 5.74) is 8.05. The summed E-state index contributed by atoms with van der Waals surface area (Å²) in [6.07, 6.45) is 0.856. The molecule has 0 spiro atoms. The lowest BCUT2D eigenvalue weighted by molar-refractivity contribution is 0.172. The molecular weight excluding hydrogens is 330 g/mol. The van der Waals surface area contributed by atoms with Crippen LogP contribution in [0.3, 0.4) is 0 Å². The van der Waals surface area contributed by atoms with Crippen molar-refractivity contribution >= 4 is 11.0 Å². The van der Waals surface area contributed by atoms with Gasteiger partial charge in [-0.25, -0.2) is 4.98 Å². The van der Waals surface area contributed by atoms with Gasteiger partial charge in [-0.05, 0) is 25.5 Å². The number of benzene rings is 2. The fourth-order valence-electron chi connectivity index (χ4n) is 3.19. The number of nitrogens with zero attached hydrogens (tertiary/aromatic N) is 2. The lowest BCUT2D eigenvalue weighted by Gasteiger charge is -2.18. The Hall–Kier alpha value is -2.73. The Morgan fingerprint density at radius 2 is 1.88 bits per heavy atom. The van der Waals surface area contributed by atoms with Gasteiger partial charge in [-0.3, -0.25) is 0 Å². The Bertz CT molecular complexity index is 890. The fraction of sp³-hybridized carbons (Fsp3) is 0.350. The average Bonchev–Trinajstić information content (AvgIpc) is 3.02. The molecule has 4 rings (SSSR count). The Labute approximate surface area is 152 Å². The van der Waals surface area contributed by atoms with E-state index in [4.69, 9.17) is 24.9 Å². The highest BCUT2D eigenvalue weighted by atomic mass is 16.6. The summed E-state index contributed by atoms with van der Waals surface area (Å²) in [5.74, 6) is 3.26. The number of hydrogen-bond acceptors (Lipinski definition) is 5. The van der Waals surface area contributed by atoms with Crippen LogP contribution in [-0.2, 0) is 6.54 Å². The molecule has 0 radical (unpaired) electrons. The van der Waals surface area contributed by atoms with Crippen LogP contribution in [-0.4, -0.2) is 29.4 Å². The second-order valence-corrected chi connectivity index (χ2v) is 6.41. The van der Waals surface area contributed by atoms with Gasteiger partial charge in [0.05, 0.1) is 23.7 Å². The molecule has 1 atom stereocenters. The first-order chi connectivity index (χ1) is 12.7. The normalized spacial score (nSPS) is 14.4. The van der Waals surface area contributed by atoms with Crippen molar-refractivity contribution in [2.45, 2.75) is 25.9 Å². The quantitative estimate of drug-likeness (QED) is 0.689. The Balaban J connectivity index is 1.55. The number of rotatable bonds is 6. The summed E-state index contributed by atoms with van der Waals surface area (Å²) in [4.78, 5) is 4.72. The van der Waals surface area contributed by atoms with Crippen LogP contribution in [0.5, 0.6) is 17.2 Å². The third-order valence-electron chi connectivity index (χ3n) is 4.39. The summed E-state index contributed by atoms with van der Waals surface area (Å²) in [6.45, 7) is 4.49. The van der Waals surface area contributed by atoms with Crippen LogP contribution in [0.25, 0.3) is 11.0 Å². The summed E-state index contributed by atoms with van der Waals surface area (Å²) in [5, 5.41) is 0. The molecule has 1 aromatic heterocycles. The van der Waals surface area contributed by atoms with Gasteiger partial charge in [-0.15, -0.1) is 0 Å². The standard InChI is InChI=1S/C20H23N3O3/c1-14(21)20-22-16-12-18-19(26-11-10-25-18)13-17(16)23(20)8-5-9-24-15-6-3-2-4-7-15/h2-4,6-7,12-14H,5,8-11,21H2,1H3. The number of imidazole rings is 1. The van der Waals surface area contributed by atoms with Crippen LogP contribution in [0.1, 0.15) is 25.2 Å². The Morgan fingerprint density at radius 1 is 1.15 bits per heavy atom. The van der Waals surface area contributed by atoms with Crippen LogP contribution in [0.2, 0.25) is 0 Å². The van der Waals surface area contributed by atoms with Gasteiger partial charge in [0.15, 0.2) is 11.5 Å². The highest BCUT2D eigenvalue weighted by Gasteiger charge is 2.19. The maximum atomic E-state index is 6.15. The number of nitrogens with two attached hydrogens (primary N) is 1. The molecule has 0 fully saturated rings. The second kappa shape index (κ2) is 7.25. The highest BCUT2D eigenvalue weighted by molar-refractivity contribution is 5.81. The topological polar surface area (TPSA) is 71.5 Å². The number of aromatic nitrogens is 2. The van der Waals surface area contributed by atoms with E-state index in [1.165, 1.54) is 0 Å². The molecule has 136 valence electrons. The molecule has 6 heteroatoms. The molecule has 26 heavy (non-hydrogen) atoms. The van der Waals surface area contributed by atoms with Crippen molar-refractivity contribution < 1.29 is 14.2 Å². The molecule has 0 saturated heterocycles. The molecule has 2 N–H and O–H groups in total. The van der Waals surface area contributed by atoms with E-state index >= 15 is 0 Å². The number of fused-ring (bicyclic) bond motifs is 2. The predicted molar refractivity (Wildman–Crippen MR) is 99.9 cm³/mol. The number of para-hydroxylation sites is 1. The van der Waals surface area contributed by atoms with Crippen molar-refractivity contribution in [3.8, 4) is 17.2 Å². The summed E-state index contributed by atoms with van der Waals surface area (Å²) in [7, 11) is 0. The van der Waals surface area contributed by atoms with Crippen molar-refractivity contribution in [2.75, 3.05) is 19.8 Å². The van der Waals surface area contributed by atoms with E-state index in [1.807, 2.05) is 49.4 Å². The van der Waals surface area contributed by atoms with E-state index in [1.54, 1.807) is 0 Å². The lowest BCUT2D eigenvalue weighted by Crippen LogP contribution is -2.16. The summed E-state index contributed by atoms with van der Waals surface area (Å²) < 4.78 is 19.3. The van der Waals surface area contributed by atoms with Crippen LogP contribution in [0, 0.1) is 0 Å². The van der Waals surface area contributed by atoms with Crippen molar-refractivity contribution in [1.29, 1.82) is 0 Å². The smallest absolute Gasteiger partial charge is 0.163 e. The predicted octanol–water partition coefficient (Wildman–Crippen LogP) is 3.30. The maximum Gasteiger partial charge on any atom is 0.163 e. The van der Waals surface area contributed by atoms with Crippen LogP contribution < -0.4 is 19.9 Å². The monoisotopic (exact) mass is 353 g/mol. The first-order valence-corrected chi connectivity index (χ1v) is 8.95. The zero-order chi connectivity index (χ0) is 17.9. The fourth-order valence-corrected chi connectivity index (χ4v) is 3.19. The lowest BCUT2D eigenvalue weighted by atomic mass is 10.2. The van der Waals surface area contributed by atoms with Gasteiger partial charge >= 0.3 is 0 Å². The van der Waals surface area contributed by atoms with Crippen molar-refractivity contribution in [3.63, 3.8) is 0 Å². The molecule has 1 unspecified atom stereocenters. The zero-order valence-corrected chi connectivity index (χ0v) is 14.9. The highest BCUT2D eigenvalue weighted by Crippen LogP contribution is 2.35. The van der Waals surface area contributed by atoms with E-state index < -0.39 is 0 Å². The molecule has 2 aromatic carbocycles. The third kappa shape index (κ3) is 3.32. The minimum atomic E-state index is -0.156. The molecule has 3 aromatic rings. The van der Waals surface area contributed by atoms with Crippen molar-refractivity contribution in [2.24, 2.45) is 5.73 Å². The molecule has 1 aliphatic heterocycles. The summed E-state index contributed by atoms with van der Waals surface area (Å²) >= 11 is 0. The molecule has 2 heterocycles. The number of hydrogen-bond donors (Lipinski definition) is 1. The zero-order valence-electron chi connectivity index (χ0n) is 14.9. The summed E-state index contributed by atoms with van der Waals surface area (Å²) in [6, 6.07) is 13.6. The van der Waals surface area contributed by atoms with Gasteiger partial charge in [0.2, 0.25) is 0 Å². The number of aryl methyl sites for hydroxylation is 1. The molecule has 1 aliphatic rings. The number of ether oxygens (including phenoxy) is 3. The minimum absolute atomic E-state index is 0.156. The van der Waals surface area contributed by atoms with Gasteiger partial charge in [-0.2, -0.15) is 0 Å². The van der Waals surface area contributed by atoms with Gasteiger partial charge in [-0.1, -0.05) is 18.2 Å². The SMILES string of the molecule is CC(N)c1nc2cc3c(cc2n1CCCOc1ccccc1)OCCO3. The molecule has 0 saturated carbocycles. The first-order valence-electron chi connectivity index (χ1n) is 8.95. The molecule has 0 bridgehead atoms.